The predicted molar refractivity (Wildman–Crippen MR) is 84.3 cm³/mol. The molecule has 6 heteroatoms. The first-order chi connectivity index (χ1) is 10.6. The van der Waals surface area contributed by atoms with E-state index in [9.17, 15) is 14.7 Å². The average molecular weight is 319 g/mol. The van der Waals surface area contributed by atoms with E-state index in [-0.39, 0.29) is 13.2 Å². The Bertz CT molecular complexity index is 689. The molecule has 22 heavy (non-hydrogen) atoms. The van der Waals surface area contributed by atoms with Crippen molar-refractivity contribution in [3.63, 3.8) is 0 Å². The second-order valence-electron chi connectivity index (χ2n) is 4.54. The van der Waals surface area contributed by atoms with Gasteiger partial charge in [0.1, 0.15) is 0 Å². The SMILES string of the molecule is O=C(NCc1ccccc1CO)C(=O)Nc1ccccc1Cl. The molecule has 0 aliphatic rings. The van der Waals surface area contributed by atoms with Crippen molar-refractivity contribution in [1.29, 1.82) is 0 Å². The molecule has 2 aromatic carbocycles. The zero-order chi connectivity index (χ0) is 15.9. The second kappa shape index (κ2) is 7.59. The molecule has 0 aliphatic heterocycles. The first-order valence-electron chi connectivity index (χ1n) is 6.63. The van der Waals surface area contributed by atoms with Gasteiger partial charge in [-0.15, -0.1) is 0 Å². The summed E-state index contributed by atoms with van der Waals surface area (Å²) in [6, 6.07) is 13.8. The second-order valence-corrected chi connectivity index (χ2v) is 4.95. The average Bonchev–Trinajstić information content (AvgIpc) is 2.54. The van der Waals surface area contributed by atoms with Crippen molar-refractivity contribution < 1.29 is 14.7 Å². The molecular weight excluding hydrogens is 304 g/mol. The van der Waals surface area contributed by atoms with Gasteiger partial charge in [0.15, 0.2) is 0 Å². The van der Waals surface area contributed by atoms with Crippen LogP contribution in [0.4, 0.5) is 5.69 Å². The standard InChI is InChI=1S/C16H15ClN2O3/c17-13-7-3-4-8-14(13)19-16(22)15(21)18-9-11-5-1-2-6-12(11)10-20/h1-8,20H,9-10H2,(H,18,21)(H,19,22). The molecule has 0 unspecified atom stereocenters. The lowest BCUT2D eigenvalue weighted by Crippen LogP contribution is -2.35. The lowest BCUT2D eigenvalue weighted by molar-refractivity contribution is -0.136. The molecule has 3 N–H and O–H groups in total. The van der Waals surface area contributed by atoms with Crippen molar-refractivity contribution in [2.75, 3.05) is 5.32 Å². The minimum atomic E-state index is -0.797. The van der Waals surface area contributed by atoms with E-state index in [0.29, 0.717) is 16.3 Å². The summed E-state index contributed by atoms with van der Waals surface area (Å²) in [5.41, 5.74) is 1.83. The first-order valence-corrected chi connectivity index (χ1v) is 7.01. The van der Waals surface area contributed by atoms with Crippen LogP contribution in [-0.2, 0) is 22.7 Å². The highest BCUT2D eigenvalue weighted by atomic mass is 35.5. The van der Waals surface area contributed by atoms with Crippen molar-refractivity contribution in [1.82, 2.24) is 5.32 Å². The smallest absolute Gasteiger partial charge is 0.313 e. The zero-order valence-electron chi connectivity index (χ0n) is 11.7. The number of para-hydroxylation sites is 1. The normalized spacial score (nSPS) is 10.1. The van der Waals surface area contributed by atoms with Gasteiger partial charge in [0, 0.05) is 6.54 Å². The van der Waals surface area contributed by atoms with Crippen LogP contribution in [-0.4, -0.2) is 16.9 Å². The van der Waals surface area contributed by atoms with Gasteiger partial charge in [-0.1, -0.05) is 48.0 Å². The Morgan fingerprint density at radius 3 is 2.27 bits per heavy atom. The molecule has 2 aromatic rings. The fourth-order valence-corrected chi connectivity index (χ4v) is 2.06. The summed E-state index contributed by atoms with van der Waals surface area (Å²) in [5, 5.41) is 14.5. The first kappa shape index (κ1) is 16.0. The van der Waals surface area contributed by atoms with Gasteiger partial charge in [-0.25, -0.2) is 0 Å². The molecule has 0 saturated carbocycles. The summed E-state index contributed by atoms with van der Waals surface area (Å²) in [7, 11) is 0. The van der Waals surface area contributed by atoms with Gasteiger partial charge in [-0.3, -0.25) is 9.59 Å². The molecule has 2 rings (SSSR count). The van der Waals surface area contributed by atoms with Crippen LogP contribution in [0.5, 0.6) is 0 Å². The number of aliphatic hydroxyl groups is 1. The Kier molecular flexibility index (Phi) is 5.52. The van der Waals surface area contributed by atoms with Crippen molar-refractivity contribution in [3.05, 3.63) is 64.7 Å². The van der Waals surface area contributed by atoms with E-state index in [1.54, 1.807) is 48.5 Å². The topological polar surface area (TPSA) is 78.4 Å². The maximum absolute atomic E-state index is 11.8. The third-order valence-electron chi connectivity index (χ3n) is 3.06. The maximum Gasteiger partial charge on any atom is 0.313 e. The van der Waals surface area contributed by atoms with Crippen LogP contribution in [0.2, 0.25) is 5.02 Å². The van der Waals surface area contributed by atoms with Crippen LogP contribution in [0.1, 0.15) is 11.1 Å². The number of amides is 2. The van der Waals surface area contributed by atoms with Crippen molar-refractivity contribution in [2.45, 2.75) is 13.2 Å². The molecule has 114 valence electrons. The molecule has 0 heterocycles. The van der Waals surface area contributed by atoms with Gasteiger partial charge < -0.3 is 15.7 Å². The number of nitrogens with one attached hydrogen (secondary N) is 2. The summed E-state index contributed by atoms with van der Waals surface area (Å²) in [5.74, 6) is -1.57. The van der Waals surface area contributed by atoms with Gasteiger partial charge in [0.05, 0.1) is 17.3 Å². The van der Waals surface area contributed by atoms with Crippen LogP contribution < -0.4 is 10.6 Å². The van der Waals surface area contributed by atoms with E-state index in [1.165, 1.54) is 0 Å². The molecule has 0 fully saturated rings. The Morgan fingerprint density at radius 1 is 0.955 bits per heavy atom. The summed E-state index contributed by atoms with van der Waals surface area (Å²) >= 11 is 5.91. The molecule has 0 atom stereocenters. The lowest BCUT2D eigenvalue weighted by atomic mass is 10.1. The number of carbonyl (C=O) groups excluding carboxylic acids is 2. The van der Waals surface area contributed by atoms with Crippen molar-refractivity contribution in [2.24, 2.45) is 0 Å². The van der Waals surface area contributed by atoms with E-state index in [0.717, 1.165) is 5.56 Å². The van der Waals surface area contributed by atoms with Gasteiger partial charge >= 0.3 is 11.8 Å². The number of hydrogen-bond donors (Lipinski definition) is 3. The summed E-state index contributed by atoms with van der Waals surface area (Å²) in [6.45, 7) is 0.0311. The Morgan fingerprint density at radius 2 is 1.59 bits per heavy atom. The van der Waals surface area contributed by atoms with E-state index < -0.39 is 11.8 Å². The number of aliphatic hydroxyl groups excluding tert-OH is 1. The molecule has 0 radical (unpaired) electrons. The molecule has 2 amide bonds. The number of anilines is 1. The summed E-state index contributed by atoms with van der Waals surface area (Å²) in [4.78, 5) is 23.6. The zero-order valence-corrected chi connectivity index (χ0v) is 12.4. The third kappa shape index (κ3) is 4.07. The maximum atomic E-state index is 11.8. The summed E-state index contributed by atoms with van der Waals surface area (Å²) in [6.07, 6.45) is 0. The highest BCUT2D eigenvalue weighted by molar-refractivity contribution is 6.41. The van der Waals surface area contributed by atoms with Crippen LogP contribution in [0, 0.1) is 0 Å². The van der Waals surface area contributed by atoms with Gasteiger partial charge in [0.2, 0.25) is 0 Å². The molecule has 5 nitrogen and oxygen atoms in total. The lowest BCUT2D eigenvalue weighted by Gasteiger charge is -2.09. The molecule has 0 aliphatic carbocycles. The highest BCUT2D eigenvalue weighted by Gasteiger charge is 2.15. The molecule has 0 bridgehead atoms. The molecular formula is C16H15ClN2O3. The number of rotatable bonds is 4. The van der Waals surface area contributed by atoms with E-state index in [1.807, 2.05) is 0 Å². The fraction of sp³-hybridized carbons (Fsp3) is 0.125. The Balaban J connectivity index is 1.95. The number of carbonyl (C=O) groups is 2. The van der Waals surface area contributed by atoms with Crippen LogP contribution >= 0.6 is 11.6 Å². The minimum Gasteiger partial charge on any atom is -0.392 e. The highest BCUT2D eigenvalue weighted by Crippen LogP contribution is 2.20. The molecule has 0 spiro atoms. The molecule has 0 aromatic heterocycles. The van der Waals surface area contributed by atoms with E-state index in [2.05, 4.69) is 10.6 Å². The predicted octanol–water partition coefficient (Wildman–Crippen LogP) is 2.09. The largest absolute Gasteiger partial charge is 0.392 e. The van der Waals surface area contributed by atoms with Gasteiger partial charge in [0.25, 0.3) is 0 Å². The monoisotopic (exact) mass is 318 g/mol. The summed E-state index contributed by atoms with van der Waals surface area (Å²) < 4.78 is 0. The van der Waals surface area contributed by atoms with Crippen molar-refractivity contribution >= 4 is 29.1 Å². The number of hydrogen-bond acceptors (Lipinski definition) is 3. The van der Waals surface area contributed by atoms with Crippen LogP contribution in [0.3, 0.4) is 0 Å². The van der Waals surface area contributed by atoms with Crippen LogP contribution in [0.25, 0.3) is 0 Å². The van der Waals surface area contributed by atoms with Crippen LogP contribution in [0.15, 0.2) is 48.5 Å². The van der Waals surface area contributed by atoms with Gasteiger partial charge in [-0.05, 0) is 23.3 Å². The number of halogens is 1. The van der Waals surface area contributed by atoms with E-state index >= 15 is 0 Å². The van der Waals surface area contributed by atoms with Gasteiger partial charge in [-0.2, -0.15) is 0 Å². The van der Waals surface area contributed by atoms with E-state index in [4.69, 9.17) is 11.6 Å². The molecule has 0 saturated heterocycles. The minimum absolute atomic E-state index is 0.127. The van der Waals surface area contributed by atoms with Crippen molar-refractivity contribution in [3.8, 4) is 0 Å². The Labute approximate surface area is 132 Å². The fourth-order valence-electron chi connectivity index (χ4n) is 1.88. The quantitative estimate of drug-likeness (QED) is 0.755. The number of benzene rings is 2. The Hall–Kier alpha value is -2.37. The third-order valence-corrected chi connectivity index (χ3v) is 3.39.